The Morgan fingerprint density at radius 3 is 2.68 bits per heavy atom. The van der Waals surface area contributed by atoms with Crippen molar-refractivity contribution in [2.75, 3.05) is 46.7 Å². The van der Waals surface area contributed by atoms with Gasteiger partial charge in [0.2, 0.25) is 12.2 Å². The molecule has 4 rings (SSSR count). The van der Waals surface area contributed by atoms with Crippen molar-refractivity contribution in [3.8, 4) is 28.7 Å². The van der Waals surface area contributed by atoms with Crippen molar-refractivity contribution in [1.29, 1.82) is 0 Å². The highest BCUT2D eigenvalue weighted by Crippen LogP contribution is 2.35. The molecular formula is C25H30FN5O6. The first-order chi connectivity index (χ1) is 17.9. The highest BCUT2D eigenvalue weighted by molar-refractivity contribution is 5.82. The number of amides is 1. The largest absolute Gasteiger partial charge is 0.461 e. The fourth-order valence-corrected chi connectivity index (χ4v) is 3.72. The third-order valence-electron chi connectivity index (χ3n) is 5.74. The van der Waals surface area contributed by atoms with E-state index in [-0.39, 0.29) is 44.2 Å². The summed E-state index contributed by atoms with van der Waals surface area (Å²) < 4.78 is 35.8. The van der Waals surface area contributed by atoms with E-state index in [1.54, 1.807) is 32.2 Å². The molecule has 198 valence electrons. The number of aromatic nitrogens is 4. The number of nitrogens with zero attached hydrogens (tertiary/aromatic N) is 3. The van der Waals surface area contributed by atoms with E-state index in [9.17, 15) is 9.18 Å². The maximum absolute atomic E-state index is 13.6. The predicted molar refractivity (Wildman–Crippen MR) is 130 cm³/mol. The monoisotopic (exact) mass is 515 g/mol. The molecular weight excluding hydrogens is 485 g/mol. The molecule has 0 atom stereocenters. The molecule has 12 heteroatoms. The Hall–Kier alpha value is -3.45. The maximum atomic E-state index is 13.6. The third-order valence-corrected chi connectivity index (χ3v) is 5.74. The molecule has 1 saturated heterocycles. The lowest BCUT2D eigenvalue weighted by atomic mass is 9.91. The normalized spacial score (nSPS) is 19.5. The smallest absolute Gasteiger partial charge is 0.317 e. The second-order valence-electron chi connectivity index (χ2n) is 8.77. The Labute approximate surface area is 213 Å². The average Bonchev–Trinajstić information content (AvgIpc) is 3.36. The first kappa shape index (κ1) is 26.6. The zero-order valence-electron chi connectivity index (χ0n) is 20.7. The number of rotatable bonds is 11. The second kappa shape index (κ2) is 12.2. The third kappa shape index (κ3) is 6.46. The number of carbonyl (C=O) groups excluding carboxylic acids is 1. The van der Waals surface area contributed by atoms with Gasteiger partial charge in [-0.1, -0.05) is 0 Å². The zero-order valence-corrected chi connectivity index (χ0v) is 20.7. The number of halogens is 1. The molecule has 2 aromatic heterocycles. The van der Waals surface area contributed by atoms with Gasteiger partial charge in [0.25, 0.3) is 0 Å². The number of aliphatic hydroxyl groups is 1. The van der Waals surface area contributed by atoms with Crippen LogP contribution in [-0.2, 0) is 19.0 Å². The molecule has 0 unspecified atom stereocenters. The van der Waals surface area contributed by atoms with Crippen molar-refractivity contribution >= 4 is 5.91 Å². The number of nitrogens with one attached hydrogen (secondary N) is 2. The quantitative estimate of drug-likeness (QED) is 0.328. The van der Waals surface area contributed by atoms with Crippen LogP contribution in [0.2, 0.25) is 0 Å². The van der Waals surface area contributed by atoms with E-state index in [0.29, 0.717) is 48.0 Å². The molecule has 1 aromatic carbocycles. The van der Waals surface area contributed by atoms with E-state index >= 15 is 0 Å². The number of benzene rings is 1. The number of H-pyrrole nitrogens is 1. The maximum Gasteiger partial charge on any atom is 0.317 e. The number of imidazole rings is 1. The summed E-state index contributed by atoms with van der Waals surface area (Å²) in [5.41, 5.74) is 1.28. The van der Waals surface area contributed by atoms with Gasteiger partial charge in [0, 0.05) is 32.0 Å². The number of ether oxygens (including phenoxy) is 4. The highest BCUT2D eigenvalue weighted by Gasteiger charge is 2.40. The van der Waals surface area contributed by atoms with E-state index < -0.39 is 11.7 Å². The molecule has 3 heterocycles. The molecule has 0 bridgehead atoms. The van der Waals surface area contributed by atoms with Gasteiger partial charge in [-0.05, 0) is 43.7 Å². The fourth-order valence-electron chi connectivity index (χ4n) is 3.72. The van der Waals surface area contributed by atoms with Crippen LogP contribution in [0.3, 0.4) is 0 Å². The molecule has 0 aliphatic carbocycles. The van der Waals surface area contributed by atoms with Gasteiger partial charge in [0.1, 0.15) is 12.4 Å². The lowest BCUT2D eigenvalue weighted by Gasteiger charge is -2.35. The molecule has 3 N–H and O–H groups in total. The summed E-state index contributed by atoms with van der Waals surface area (Å²) in [5.74, 6) is -0.166. The Morgan fingerprint density at radius 2 is 1.97 bits per heavy atom. The summed E-state index contributed by atoms with van der Waals surface area (Å²) in [6.45, 7) is 2.96. The van der Waals surface area contributed by atoms with Gasteiger partial charge < -0.3 is 34.4 Å². The summed E-state index contributed by atoms with van der Waals surface area (Å²) in [6, 6.07) is 7.66. The van der Waals surface area contributed by atoms with E-state index in [2.05, 4.69) is 25.3 Å². The molecule has 3 aromatic rings. The van der Waals surface area contributed by atoms with Crippen molar-refractivity contribution in [3.63, 3.8) is 0 Å². The van der Waals surface area contributed by atoms with Crippen molar-refractivity contribution in [2.24, 2.45) is 5.41 Å². The second-order valence-corrected chi connectivity index (χ2v) is 8.77. The molecule has 1 amide bonds. The Bertz CT molecular complexity index is 1180. The van der Waals surface area contributed by atoms with E-state index in [4.69, 9.17) is 24.1 Å². The van der Waals surface area contributed by atoms with Gasteiger partial charge in [-0.3, -0.25) is 4.79 Å². The van der Waals surface area contributed by atoms with Crippen molar-refractivity contribution in [3.05, 3.63) is 48.2 Å². The van der Waals surface area contributed by atoms with Crippen LogP contribution >= 0.6 is 0 Å². The minimum Gasteiger partial charge on any atom is -0.461 e. The van der Waals surface area contributed by atoms with Crippen LogP contribution in [0.4, 0.5) is 4.39 Å². The minimum absolute atomic E-state index is 0.0466. The van der Waals surface area contributed by atoms with Crippen LogP contribution in [0.1, 0.15) is 25.5 Å². The summed E-state index contributed by atoms with van der Waals surface area (Å²) in [5, 5.41) is 11.9. The number of carbonyl (C=O) groups is 1. The molecule has 1 aliphatic rings. The average molecular weight is 516 g/mol. The number of methoxy groups -OCH3 is 1. The van der Waals surface area contributed by atoms with Crippen molar-refractivity contribution in [2.45, 2.75) is 19.6 Å². The van der Waals surface area contributed by atoms with Gasteiger partial charge in [-0.15, -0.1) is 0 Å². The van der Waals surface area contributed by atoms with Crippen molar-refractivity contribution in [1.82, 2.24) is 25.3 Å². The van der Waals surface area contributed by atoms with E-state index in [1.807, 2.05) is 0 Å². The number of hydrogen-bond donors (Lipinski definition) is 3. The lowest BCUT2D eigenvalue weighted by Crippen LogP contribution is -2.48. The van der Waals surface area contributed by atoms with Crippen LogP contribution < -0.4 is 10.1 Å². The molecule has 0 radical (unpaired) electrons. The zero-order chi connectivity index (χ0) is 26.3. The molecule has 1 fully saturated rings. The molecule has 0 saturated carbocycles. The van der Waals surface area contributed by atoms with Crippen LogP contribution in [0.25, 0.3) is 22.6 Å². The Kier molecular flexibility index (Phi) is 8.77. The molecule has 1 aliphatic heterocycles. The first-order valence-electron chi connectivity index (χ1n) is 11.9. The SMILES string of the molecule is COCCCNC(=O)C1(C)COC(c2nc(-c3ccc(F)cc3)c(-c3ccnc(OCCO)n3)[nH]2)OC1. The van der Waals surface area contributed by atoms with Gasteiger partial charge >= 0.3 is 6.01 Å². The summed E-state index contributed by atoms with van der Waals surface area (Å²) in [6.07, 6.45) is 1.38. The summed E-state index contributed by atoms with van der Waals surface area (Å²) in [4.78, 5) is 29.0. The van der Waals surface area contributed by atoms with Crippen LogP contribution in [0.15, 0.2) is 36.5 Å². The van der Waals surface area contributed by atoms with E-state index in [0.717, 1.165) is 0 Å². The number of aliphatic hydroxyl groups excluding tert-OH is 1. The predicted octanol–water partition coefficient (Wildman–Crippen LogP) is 2.25. The van der Waals surface area contributed by atoms with Gasteiger partial charge in [0.15, 0.2) is 5.82 Å². The Balaban J connectivity index is 1.56. The van der Waals surface area contributed by atoms with Gasteiger partial charge in [-0.25, -0.2) is 14.4 Å². The lowest BCUT2D eigenvalue weighted by molar-refractivity contribution is -0.231. The summed E-state index contributed by atoms with van der Waals surface area (Å²) in [7, 11) is 1.61. The fraction of sp³-hybridized carbons (Fsp3) is 0.440. The van der Waals surface area contributed by atoms with Gasteiger partial charge in [0.05, 0.1) is 42.3 Å². The van der Waals surface area contributed by atoms with Crippen LogP contribution in [0.5, 0.6) is 6.01 Å². The van der Waals surface area contributed by atoms with Crippen molar-refractivity contribution < 1.29 is 33.2 Å². The highest BCUT2D eigenvalue weighted by atomic mass is 19.1. The van der Waals surface area contributed by atoms with E-state index in [1.165, 1.54) is 18.3 Å². The number of hydrogen-bond acceptors (Lipinski definition) is 9. The summed E-state index contributed by atoms with van der Waals surface area (Å²) >= 11 is 0. The van der Waals surface area contributed by atoms with Gasteiger partial charge in [-0.2, -0.15) is 4.98 Å². The molecule has 37 heavy (non-hydrogen) atoms. The topological polar surface area (TPSA) is 141 Å². The number of aromatic amines is 1. The first-order valence-corrected chi connectivity index (χ1v) is 11.9. The molecule has 0 spiro atoms. The Morgan fingerprint density at radius 1 is 1.22 bits per heavy atom. The minimum atomic E-state index is -0.857. The van der Waals surface area contributed by atoms with Crippen LogP contribution in [0, 0.1) is 11.2 Å². The van der Waals surface area contributed by atoms with Crippen LogP contribution in [-0.4, -0.2) is 77.6 Å². The molecule has 11 nitrogen and oxygen atoms in total. The standard InChI is InChI=1S/C25H30FN5O6/c1-25(23(33)27-9-3-12-34-2)14-36-22(37-15-25)21-30-19(16-4-6-17(26)7-5-16)20(31-21)18-8-10-28-24(29-18)35-13-11-32/h4-8,10,22,32H,3,9,11-15H2,1-2H3,(H,27,33)(H,30,31).